The lowest BCUT2D eigenvalue weighted by Crippen LogP contribution is -2.34. The van der Waals surface area contributed by atoms with E-state index in [1.807, 2.05) is 0 Å². The smallest absolute Gasteiger partial charge is 0.127 e. The van der Waals surface area contributed by atoms with Gasteiger partial charge in [0.1, 0.15) is 6.17 Å². The molecule has 3 atom stereocenters. The topological polar surface area (TPSA) is 56.4 Å². The molecule has 0 radical (unpaired) electrons. The predicted molar refractivity (Wildman–Crippen MR) is 64.2 cm³/mol. The monoisotopic (exact) mass is 228 g/mol. The van der Waals surface area contributed by atoms with Crippen LogP contribution in [0, 0.1) is 11.3 Å². The Morgan fingerprint density at radius 3 is 2.88 bits per heavy atom. The minimum atomic E-state index is -1.16. The molecular weight excluding hydrogens is 207 g/mol. The molecule has 0 amide bonds. The summed E-state index contributed by atoms with van der Waals surface area (Å²) >= 11 is 0. The highest BCUT2D eigenvalue weighted by molar-refractivity contribution is 6.30. The van der Waals surface area contributed by atoms with Gasteiger partial charge in [0.25, 0.3) is 0 Å². The summed E-state index contributed by atoms with van der Waals surface area (Å²) in [6, 6.07) is 0. The first-order valence-corrected chi connectivity index (χ1v) is 6.06. The molecule has 1 aliphatic carbocycles. The van der Waals surface area contributed by atoms with Gasteiger partial charge >= 0.3 is 0 Å². The van der Waals surface area contributed by atoms with E-state index in [9.17, 15) is 9.50 Å². The van der Waals surface area contributed by atoms with Crippen LogP contribution in [-0.4, -0.2) is 35.9 Å². The molecule has 0 bridgehead atoms. The standard InChI is InChI=1S/C12H21FN2O/c1-2-3-6-15-11(8-14)9-4-5-12(16)10(13)7-9/h8-10,12,14,16H,2-7H2,1H3/t9-,10-,12-/m0/s1. The van der Waals surface area contributed by atoms with Gasteiger partial charge < -0.3 is 10.5 Å². The van der Waals surface area contributed by atoms with Crippen molar-refractivity contribution in [1.29, 1.82) is 5.41 Å². The molecule has 0 saturated heterocycles. The van der Waals surface area contributed by atoms with E-state index in [4.69, 9.17) is 5.41 Å². The normalized spacial score (nSPS) is 31.4. The number of unbranched alkanes of at least 4 members (excludes halogenated alkanes) is 1. The summed E-state index contributed by atoms with van der Waals surface area (Å²) in [6.45, 7) is 2.81. The van der Waals surface area contributed by atoms with E-state index in [1.165, 1.54) is 6.21 Å². The molecule has 3 nitrogen and oxygen atoms in total. The van der Waals surface area contributed by atoms with Crippen LogP contribution in [0.3, 0.4) is 0 Å². The number of nitrogens with zero attached hydrogens (tertiary/aromatic N) is 1. The summed E-state index contributed by atoms with van der Waals surface area (Å²) in [4.78, 5) is 4.34. The Hall–Kier alpha value is -0.770. The zero-order valence-electron chi connectivity index (χ0n) is 9.82. The van der Waals surface area contributed by atoms with Gasteiger partial charge in [-0.2, -0.15) is 0 Å². The number of halogens is 1. The van der Waals surface area contributed by atoms with E-state index in [-0.39, 0.29) is 5.92 Å². The van der Waals surface area contributed by atoms with Crippen molar-refractivity contribution in [3.05, 3.63) is 0 Å². The Morgan fingerprint density at radius 1 is 1.56 bits per heavy atom. The fraction of sp³-hybridized carbons (Fsp3) is 0.833. The lowest BCUT2D eigenvalue weighted by Gasteiger charge is -2.28. The molecule has 92 valence electrons. The van der Waals surface area contributed by atoms with Gasteiger partial charge in [0.05, 0.1) is 11.8 Å². The van der Waals surface area contributed by atoms with Gasteiger partial charge in [-0.05, 0) is 25.7 Å². The van der Waals surface area contributed by atoms with Crippen LogP contribution in [-0.2, 0) is 0 Å². The molecule has 0 unspecified atom stereocenters. The molecule has 0 heterocycles. The number of nitrogens with one attached hydrogen (secondary N) is 1. The number of aliphatic hydroxyl groups is 1. The molecule has 0 aliphatic heterocycles. The van der Waals surface area contributed by atoms with Crippen LogP contribution in [0.25, 0.3) is 0 Å². The van der Waals surface area contributed by atoms with Crippen molar-refractivity contribution >= 4 is 11.9 Å². The second kappa shape index (κ2) is 6.74. The van der Waals surface area contributed by atoms with Crippen molar-refractivity contribution < 1.29 is 9.50 Å². The van der Waals surface area contributed by atoms with Gasteiger partial charge in [0, 0.05) is 18.7 Å². The van der Waals surface area contributed by atoms with Crippen LogP contribution in [0.1, 0.15) is 39.0 Å². The van der Waals surface area contributed by atoms with Crippen molar-refractivity contribution in [2.45, 2.75) is 51.3 Å². The zero-order chi connectivity index (χ0) is 12.0. The number of hydrogen-bond acceptors (Lipinski definition) is 3. The number of alkyl halides is 1. The first kappa shape index (κ1) is 13.3. The van der Waals surface area contributed by atoms with Crippen molar-refractivity contribution in [1.82, 2.24) is 0 Å². The summed E-state index contributed by atoms with van der Waals surface area (Å²) in [5.74, 6) is 0.0211. The summed E-state index contributed by atoms with van der Waals surface area (Å²) < 4.78 is 13.3. The van der Waals surface area contributed by atoms with Gasteiger partial charge in [0.2, 0.25) is 0 Å². The van der Waals surface area contributed by atoms with Crippen molar-refractivity contribution in [2.75, 3.05) is 6.54 Å². The fourth-order valence-corrected chi connectivity index (χ4v) is 2.03. The van der Waals surface area contributed by atoms with Crippen LogP contribution in [0.2, 0.25) is 0 Å². The molecule has 0 aromatic heterocycles. The molecule has 0 aromatic rings. The first-order valence-electron chi connectivity index (χ1n) is 6.06. The minimum absolute atomic E-state index is 0.0211. The number of aliphatic hydroxyl groups excluding tert-OH is 1. The first-order chi connectivity index (χ1) is 7.69. The second-order valence-corrected chi connectivity index (χ2v) is 4.40. The highest BCUT2D eigenvalue weighted by atomic mass is 19.1. The van der Waals surface area contributed by atoms with Crippen LogP contribution < -0.4 is 0 Å². The molecule has 1 rings (SSSR count). The molecular formula is C12H21FN2O. The predicted octanol–water partition coefficient (Wildman–Crippen LogP) is 2.38. The van der Waals surface area contributed by atoms with Crippen molar-refractivity contribution in [3.63, 3.8) is 0 Å². The third kappa shape index (κ3) is 3.67. The molecule has 1 fully saturated rings. The maximum absolute atomic E-state index is 13.3. The Kier molecular flexibility index (Phi) is 5.60. The van der Waals surface area contributed by atoms with Crippen LogP contribution in [0.5, 0.6) is 0 Å². The summed E-state index contributed by atoms with van der Waals surface area (Å²) in [5.41, 5.74) is 0.697. The van der Waals surface area contributed by atoms with Crippen LogP contribution >= 0.6 is 0 Å². The van der Waals surface area contributed by atoms with E-state index in [2.05, 4.69) is 11.9 Å². The van der Waals surface area contributed by atoms with Crippen molar-refractivity contribution in [3.8, 4) is 0 Å². The number of rotatable bonds is 5. The van der Waals surface area contributed by atoms with E-state index in [1.54, 1.807) is 0 Å². The number of aliphatic imine (C=N–C) groups is 1. The van der Waals surface area contributed by atoms with Crippen LogP contribution in [0.15, 0.2) is 4.99 Å². The third-order valence-corrected chi connectivity index (χ3v) is 3.11. The molecule has 16 heavy (non-hydrogen) atoms. The maximum atomic E-state index is 13.3. The molecule has 1 saturated carbocycles. The Morgan fingerprint density at radius 2 is 2.31 bits per heavy atom. The lowest BCUT2D eigenvalue weighted by molar-refractivity contribution is 0.0354. The molecule has 2 N–H and O–H groups in total. The third-order valence-electron chi connectivity index (χ3n) is 3.11. The minimum Gasteiger partial charge on any atom is -0.390 e. The highest BCUT2D eigenvalue weighted by Crippen LogP contribution is 2.27. The van der Waals surface area contributed by atoms with Gasteiger partial charge in [-0.3, -0.25) is 4.99 Å². The maximum Gasteiger partial charge on any atom is 0.127 e. The zero-order valence-corrected chi connectivity index (χ0v) is 9.82. The van der Waals surface area contributed by atoms with E-state index in [0.717, 1.165) is 25.8 Å². The summed E-state index contributed by atoms with van der Waals surface area (Å²) in [7, 11) is 0. The molecule has 1 aliphatic rings. The Balaban J connectivity index is 2.53. The van der Waals surface area contributed by atoms with Gasteiger partial charge in [-0.15, -0.1) is 0 Å². The molecule has 0 spiro atoms. The largest absolute Gasteiger partial charge is 0.390 e. The summed E-state index contributed by atoms with van der Waals surface area (Å²) in [6.07, 6.45) is 2.87. The number of hydrogen-bond donors (Lipinski definition) is 2. The molecule has 0 aromatic carbocycles. The van der Waals surface area contributed by atoms with Crippen LogP contribution in [0.4, 0.5) is 4.39 Å². The van der Waals surface area contributed by atoms with Gasteiger partial charge in [-0.25, -0.2) is 4.39 Å². The Labute approximate surface area is 96.3 Å². The van der Waals surface area contributed by atoms with Gasteiger partial charge in [-0.1, -0.05) is 13.3 Å². The molecule has 4 heteroatoms. The SMILES string of the molecule is CCCCN=C(C=N)[C@H]1CC[C@H](O)[C@@H](F)C1. The van der Waals surface area contributed by atoms with E-state index >= 15 is 0 Å². The lowest BCUT2D eigenvalue weighted by atomic mass is 9.83. The average molecular weight is 228 g/mol. The summed E-state index contributed by atoms with van der Waals surface area (Å²) in [5, 5.41) is 16.6. The van der Waals surface area contributed by atoms with Gasteiger partial charge in [0.15, 0.2) is 0 Å². The average Bonchev–Trinajstić information content (AvgIpc) is 2.29. The quantitative estimate of drug-likeness (QED) is 0.551. The van der Waals surface area contributed by atoms with E-state index < -0.39 is 12.3 Å². The van der Waals surface area contributed by atoms with E-state index in [0.29, 0.717) is 18.6 Å². The highest BCUT2D eigenvalue weighted by Gasteiger charge is 2.30. The second-order valence-electron chi connectivity index (χ2n) is 4.40. The van der Waals surface area contributed by atoms with Crippen molar-refractivity contribution in [2.24, 2.45) is 10.9 Å². The fourth-order valence-electron chi connectivity index (χ4n) is 2.03. The Bertz CT molecular complexity index is 255.